The van der Waals surface area contributed by atoms with Crippen molar-refractivity contribution in [2.75, 3.05) is 24.8 Å². The fourth-order valence-electron chi connectivity index (χ4n) is 3.29. The van der Waals surface area contributed by atoms with Gasteiger partial charge in [0, 0.05) is 31.0 Å². The van der Waals surface area contributed by atoms with Gasteiger partial charge in [0.1, 0.15) is 11.5 Å². The maximum absolute atomic E-state index is 12.7. The van der Waals surface area contributed by atoms with Gasteiger partial charge in [0.25, 0.3) is 5.91 Å². The minimum absolute atomic E-state index is 0.0892. The lowest BCUT2D eigenvalue weighted by Gasteiger charge is -2.26. The van der Waals surface area contributed by atoms with E-state index in [0.29, 0.717) is 11.4 Å². The largest absolute Gasteiger partial charge is 0.480 e. The summed E-state index contributed by atoms with van der Waals surface area (Å²) in [5, 5.41) is 13.9. The van der Waals surface area contributed by atoms with Crippen LogP contribution in [0, 0.1) is 6.92 Å². The van der Waals surface area contributed by atoms with Crippen molar-refractivity contribution < 1.29 is 9.53 Å². The lowest BCUT2D eigenvalue weighted by Crippen LogP contribution is -2.39. The van der Waals surface area contributed by atoms with E-state index < -0.39 is 0 Å². The summed E-state index contributed by atoms with van der Waals surface area (Å²) in [4.78, 5) is 17.0. The molecule has 0 aromatic carbocycles. The molecule has 28 heavy (non-hydrogen) atoms. The molecule has 8 nitrogen and oxygen atoms in total. The standard InChI is InChI=1S/C20H24N6O2/c1-12-7-16(20(28-3)22-10-12)24-14-8-17-15(19(27)25-13-5-4-6-13)11-23-26(17)18(9-14)21-2/h7-11,13,21,24H,4-6H2,1-3H3,(H,25,27). The number of aromatic nitrogens is 3. The van der Waals surface area contributed by atoms with Crippen molar-refractivity contribution in [2.24, 2.45) is 0 Å². The van der Waals surface area contributed by atoms with Crippen molar-refractivity contribution in [2.45, 2.75) is 32.2 Å². The van der Waals surface area contributed by atoms with Crippen LogP contribution in [-0.4, -0.2) is 40.7 Å². The minimum atomic E-state index is -0.0892. The quantitative estimate of drug-likeness (QED) is 0.608. The highest BCUT2D eigenvalue weighted by Crippen LogP contribution is 2.29. The zero-order valence-corrected chi connectivity index (χ0v) is 16.2. The first-order chi connectivity index (χ1) is 13.6. The van der Waals surface area contributed by atoms with Gasteiger partial charge in [-0.3, -0.25) is 4.79 Å². The second-order valence-electron chi connectivity index (χ2n) is 7.03. The Hall–Kier alpha value is -3.29. The van der Waals surface area contributed by atoms with Crippen molar-refractivity contribution in [3.05, 3.63) is 41.7 Å². The second-order valence-corrected chi connectivity index (χ2v) is 7.03. The molecule has 1 aliphatic rings. The predicted octanol–water partition coefficient (Wildman–Crippen LogP) is 3.11. The van der Waals surface area contributed by atoms with E-state index in [4.69, 9.17) is 4.74 Å². The van der Waals surface area contributed by atoms with E-state index in [1.807, 2.05) is 32.2 Å². The zero-order chi connectivity index (χ0) is 19.7. The summed E-state index contributed by atoms with van der Waals surface area (Å²) in [5.74, 6) is 1.18. The molecule has 0 saturated heterocycles. The van der Waals surface area contributed by atoms with Crippen molar-refractivity contribution in [3.63, 3.8) is 0 Å². The van der Waals surface area contributed by atoms with Gasteiger partial charge >= 0.3 is 0 Å². The molecule has 1 fully saturated rings. The minimum Gasteiger partial charge on any atom is -0.480 e. The van der Waals surface area contributed by atoms with Crippen LogP contribution >= 0.6 is 0 Å². The Labute approximate surface area is 163 Å². The fraction of sp³-hybridized carbons (Fsp3) is 0.350. The first kappa shape index (κ1) is 18.1. The molecule has 0 radical (unpaired) electrons. The van der Waals surface area contributed by atoms with E-state index in [-0.39, 0.29) is 11.9 Å². The average molecular weight is 380 g/mol. The van der Waals surface area contributed by atoms with E-state index in [1.54, 1.807) is 24.0 Å². The summed E-state index contributed by atoms with van der Waals surface area (Å²) >= 11 is 0. The lowest BCUT2D eigenvalue weighted by atomic mass is 9.93. The van der Waals surface area contributed by atoms with E-state index in [2.05, 4.69) is 26.0 Å². The number of nitrogens with one attached hydrogen (secondary N) is 3. The number of carbonyl (C=O) groups is 1. The van der Waals surface area contributed by atoms with Gasteiger partial charge in [0.15, 0.2) is 0 Å². The highest BCUT2D eigenvalue weighted by atomic mass is 16.5. The van der Waals surface area contributed by atoms with Crippen LogP contribution in [0.25, 0.3) is 5.52 Å². The van der Waals surface area contributed by atoms with E-state index in [1.165, 1.54) is 6.42 Å². The van der Waals surface area contributed by atoms with Crippen molar-refractivity contribution in [1.29, 1.82) is 0 Å². The summed E-state index contributed by atoms with van der Waals surface area (Å²) in [6.07, 6.45) is 6.62. The van der Waals surface area contributed by atoms with Gasteiger partial charge in [-0.15, -0.1) is 0 Å². The molecule has 0 aliphatic heterocycles. The van der Waals surface area contributed by atoms with Crippen LogP contribution in [0.15, 0.2) is 30.6 Å². The van der Waals surface area contributed by atoms with Crippen LogP contribution < -0.4 is 20.7 Å². The topological polar surface area (TPSA) is 92.6 Å². The third kappa shape index (κ3) is 3.33. The predicted molar refractivity (Wildman–Crippen MR) is 109 cm³/mol. The molecule has 1 saturated carbocycles. The number of aryl methyl sites for hydroxylation is 1. The number of anilines is 3. The summed E-state index contributed by atoms with van der Waals surface area (Å²) in [6, 6.07) is 6.08. The molecule has 3 N–H and O–H groups in total. The van der Waals surface area contributed by atoms with Crippen molar-refractivity contribution in [1.82, 2.24) is 19.9 Å². The normalized spacial score (nSPS) is 13.8. The average Bonchev–Trinajstić information content (AvgIpc) is 3.08. The maximum atomic E-state index is 12.7. The molecular weight excluding hydrogens is 356 g/mol. The molecule has 0 atom stereocenters. The van der Waals surface area contributed by atoms with Crippen molar-refractivity contribution in [3.8, 4) is 5.88 Å². The van der Waals surface area contributed by atoms with E-state index >= 15 is 0 Å². The molecular formula is C20H24N6O2. The summed E-state index contributed by atoms with van der Waals surface area (Å²) in [7, 11) is 3.41. The molecule has 0 bridgehead atoms. The highest BCUT2D eigenvalue weighted by Gasteiger charge is 2.22. The molecule has 0 spiro atoms. The number of fused-ring (bicyclic) bond motifs is 1. The number of hydrogen-bond donors (Lipinski definition) is 3. The van der Waals surface area contributed by atoms with E-state index in [0.717, 1.165) is 41.1 Å². The van der Waals surface area contributed by atoms with Crippen LogP contribution in [0.1, 0.15) is 35.2 Å². The maximum Gasteiger partial charge on any atom is 0.255 e. The van der Waals surface area contributed by atoms with Gasteiger partial charge in [0.2, 0.25) is 5.88 Å². The van der Waals surface area contributed by atoms with Crippen LogP contribution in [0.3, 0.4) is 0 Å². The van der Waals surface area contributed by atoms with Gasteiger partial charge in [-0.1, -0.05) is 0 Å². The molecule has 0 unspecified atom stereocenters. The molecule has 8 heteroatoms. The Balaban J connectivity index is 1.72. The third-order valence-electron chi connectivity index (χ3n) is 5.02. The number of nitrogens with zero attached hydrogens (tertiary/aromatic N) is 3. The number of amides is 1. The Bertz CT molecular complexity index is 1020. The van der Waals surface area contributed by atoms with Crippen LogP contribution in [0.2, 0.25) is 0 Å². The molecule has 3 heterocycles. The molecule has 3 aromatic rings. The van der Waals surface area contributed by atoms with Crippen LogP contribution in [0.5, 0.6) is 5.88 Å². The third-order valence-corrected chi connectivity index (χ3v) is 5.02. The Morgan fingerprint density at radius 2 is 2.07 bits per heavy atom. The smallest absolute Gasteiger partial charge is 0.255 e. The number of pyridine rings is 2. The summed E-state index contributed by atoms with van der Waals surface area (Å²) in [6.45, 7) is 1.97. The first-order valence-electron chi connectivity index (χ1n) is 9.37. The molecule has 146 valence electrons. The monoisotopic (exact) mass is 380 g/mol. The number of rotatable bonds is 6. The molecule has 1 aliphatic carbocycles. The lowest BCUT2D eigenvalue weighted by molar-refractivity contribution is 0.0918. The van der Waals surface area contributed by atoms with Gasteiger partial charge in [0.05, 0.1) is 24.4 Å². The van der Waals surface area contributed by atoms with Gasteiger partial charge in [-0.2, -0.15) is 5.10 Å². The second kappa shape index (κ2) is 7.38. The number of hydrogen-bond acceptors (Lipinski definition) is 6. The Kier molecular flexibility index (Phi) is 4.77. The molecule has 1 amide bonds. The van der Waals surface area contributed by atoms with Gasteiger partial charge < -0.3 is 20.7 Å². The van der Waals surface area contributed by atoms with Crippen LogP contribution in [0.4, 0.5) is 17.2 Å². The number of carbonyl (C=O) groups excluding carboxylic acids is 1. The molecule has 4 rings (SSSR count). The Morgan fingerprint density at radius 1 is 1.25 bits per heavy atom. The van der Waals surface area contributed by atoms with Gasteiger partial charge in [-0.25, -0.2) is 9.50 Å². The summed E-state index contributed by atoms with van der Waals surface area (Å²) < 4.78 is 7.08. The number of ether oxygens (including phenoxy) is 1. The number of methoxy groups -OCH3 is 1. The first-order valence-corrected chi connectivity index (χ1v) is 9.37. The summed E-state index contributed by atoms with van der Waals surface area (Å²) in [5.41, 5.74) is 3.87. The van der Waals surface area contributed by atoms with E-state index in [9.17, 15) is 4.79 Å². The zero-order valence-electron chi connectivity index (χ0n) is 16.2. The highest BCUT2D eigenvalue weighted by molar-refractivity contribution is 6.01. The fourth-order valence-corrected chi connectivity index (χ4v) is 3.29. The SMILES string of the molecule is CNc1cc(Nc2cc(C)cnc2OC)cc2c(C(=O)NC3CCC3)cnn12. The van der Waals surface area contributed by atoms with Gasteiger partial charge in [-0.05, 0) is 43.9 Å². The Morgan fingerprint density at radius 3 is 2.75 bits per heavy atom. The van der Waals surface area contributed by atoms with Crippen LogP contribution in [-0.2, 0) is 0 Å². The molecule has 3 aromatic heterocycles. The van der Waals surface area contributed by atoms with Crippen molar-refractivity contribution >= 4 is 28.6 Å².